The summed E-state index contributed by atoms with van der Waals surface area (Å²) < 4.78 is 0. The van der Waals surface area contributed by atoms with Crippen molar-refractivity contribution < 1.29 is 14.8 Å². The summed E-state index contributed by atoms with van der Waals surface area (Å²) in [5, 5.41) is 19.5. The van der Waals surface area contributed by atoms with Crippen LogP contribution in [-0.2, 0) is 0 Å². The highest BCUT2D eigenvalue weighted by Gasteiger charge is 2.19. The number of rotatable bonds is 5. The normalized spacial score (nSPS) is 10.5. The van der Waals surface area contributed by atoms with Crippen LogP contribution in [0.5, 0.6) is 0 Å². The molecule has 0 amide bonds. The Morgan fingerprint density at radius 2 is 2.18 bits per heavy atom. The van der Waals surface area contributed by atoms with Gasteiger partial charge in [0, 0.05) is 16.7 Å². The Bertz CT molecular complexity index is 445. The van der Waals surface area contributed by atoms with E-state index >= 15 is 0 Å². The minimum atomic E-state index is -1.27. The fourth-order valence-corrected chi connectivity index (χ4v) is 2.09. The molecule has 17 heavy (non-hydrogen) atoms. The quantitative estimate of drug-likeness (QED) is 0.497. The topological polar surface area (TPSA) is 80.4 Å². The molecule has 1 aromatic carbocycles. The summed E-state index contributed by atoms with van der Waals surface area (Å²) in [6.07, 6.45) is 0. The molecule has 0 radical (unpaired) electrons. The average molecular weight is 255 g/mol. The molecule has 0 aliphatic carbocycles. The van der Waals surface area contributed by atoms with Crippen LogP contribution in [0.15, 0.2) is 23.1 Å². The van der Waals surface area contributed by atoms with Crippen molar-refractivity contribution in [2.24, 2.45) is 5.92 Å². The number of carboxylic acids is 1. The number of hydrogen-bond donors (Lipinski definition) is 1. The first-order valence-corrected chi connectivity index (χ1v) is 6.05. The third-order valence-corrected chi connectivity index (χ3v) is 3.40. The molecule has 5 nitrogen and oxygen atoms in total. The molecule has 0 fully saturated rings. The van der Waals surface area contributed by atoms with E-state index in [1.807, 2.05) is 0 Å². The molecule has 0 bridgehead atoms. The number of nitro groups is 1. The van der Waals surface area contributed by atoms with Crippen LogP contribution < -0.4 is 0 Å². The minimum Gasteiger partial charge on any atom is -0.477 e. The van der Waals surface area contributed by atoms with Gasteiger partial charge in [0.1, 0.15) is 5.56 Å². The predicted molar refractivity (Wildman–Crippen MR) is 65.6 cm³/mol. The van der Waals surface area contributed by atoms with E-state index in [-0.39, 0.29) is 11.3 Å². The van der Waals surface area contributed by atoms with Gasteiger partial charge in [-0.15, -0.1) is 11.8 Å². The second kappa shape index (κ2) is 5.67. The maximum atomic E-state index is 10.9. The molecule has 1 rings (SSSR count). The number of nitro benzene ring substituents is 1. The van der Waals surface area contributed by atoms with Crippen LogP contribution >= 0.6 is 11.8 Å². The van der Waals surface area contributed by atoms with E-state index < -0.39 is 10.9 Å². The van der Waals surface area contributed by atoms with E-state index in [1.54, 1.807) is 6.07 Å². The molecule has 0 heterocycles. The number of benzene rings is 1. The maximum absolute atomic E-state index is 10.9. The summed E-state index contributed by atoms with van der Waals surface area (Å²) in [6.45, 7) is 4.10. The first-order chi connectivity index (χ1) is 7.91. The number of carboxylic acid groups (broad SMARTS) is 1. The van der Waals surface area contributed by atoms with E-state index in [0.29, 0.717) is 5.92 Å². The van der Waals surface area contributed by atoms with Crippen molar-refractivity contribution in [2.75, 3.05) is 5.75 Å². The van der Waals surface area contributed by atoms with Gasteiger partial charge >= 0.3 is 5.97 Å². The minimum absolute atomic E-state index is 0.260. The molecule has 0 aliphatic heterocycles. The molecule has 1 N–H and O–H groups in total. The van der Waals surface area contributed by atoms with Gasteiger partial charge in [-0.25, -0.2) is 4.79 Å². The summed E-state index contributed by atoms with van der Waals surface area (Å²) in [7, 11) is 0. The molecule has 0 atom stereocenters. The fourth-order valence-electron chi connectivity index (χ4n) is 1.20. The molecule has 1 aromatic rings. The SMILES string of the molecule is CC(C)CSc1ccc([N+](=O)[O-])c(C(=O)O)c1. The highest BCUT2D eigenvalue weighted by atomic mass is 32.2. The van der Waals surface area contributed by atoms with Crippen molar-refractivity contribution in [2.45, 2.75) is 18.7 Å². The largest absolute Gasteiger partial charge is 0.477 e. The second-order valence-electron chi connectivity index (χ2n) is 3.95. The third-order valence-electron chi connectivity index (χ3n) is 1.98. The lowest BCUT2D eigenvalue weighted by molar-refractivity contribution is -0.385. The maximum Gasteiger partial charge on any atom is 0.342 e. The molecule has 0 saturated heterocycles. The number of nitrogens with zero attached hydrogens (tertiary/aromatic N) is 1. The summed E-state index contributed by atoms with van der Waals surface area (Å²) in [6, 6.07) is 4.18. The summed E-state index contributed by atoms with van der Waals surface area (Å²) >= 11 is 1.49. The number of carbonyl (C=O) groups is 1. The first-order valence-electron chi connectivity index (χ1n) is 5.06. The standard InChI is InChI=1S/C11H13NO4S/c1-7(2)6-17-8-3-4-10(12(15)16)9(5-8)11(13)14/h3-5,7H,6H2,1-2H3,(H,13,14). The van der Waals surface area contributed by atoms with Crippen LogP contribution in [0.2, 0.25) is 0 Å². The zero-order valence-electron chi connectivity index (χ0n) is 9.54. The van der Waals surface area contributed by atoms with E-state index in [0.717, 1.165) is 10.6 Å². The van der Waals surface area contributed by atoms with Crippen LogP contribution in [-0.4, -0.2) is 21.8 Å². The monoisotopic (exact) mass is 255 g/mol. The molecule has 92 valence electrons. The van der Waals surface area contributed by atoms with Crippen LogP contribution in [0.4, 0.5) is 5.69 Å². The smallest absolute Gasteiger partial charge is 0.342 e. The number of aromatic carboxylic acids is 1. The van der Waals surface area contributed by atoms with Crippen LogP contribution in [0.25, 0.3) is 0 Å². The van der Waals surface area contributed by atoms with Gasteiger partial charge in [-0.3, -0.25) is 10.1 Å². The van der Waals surface area contributed by atoms with Crippen LogP contribution in [0.3, 0.4) is 0 Å². The van der Waals surface area contributed by atoms with Crippen molar-refractivity contribution in [3.63, 3.8) is 0 Å². The lowest BCUT2D eigenvalue weighted by Crippen LogP contribution is -2.03. The van der Waals surface area contributed by atoms with E-state index in [4.69, 9.17) is 5.11 Å². The lowest BCUT2D eigenvalue weighted by Gasteiger charge is -2.05. The second-order valence-corrected chi connectivity index (χ2v) is 5.04. The Labute approximate surface area is 103 Å². The molecule has 0 aliphatic rings. The Morgan fingerprint density at radius 1 is 1.53 bits per heavy atom. The fraction of sp³-hybridized carbons (Fsp3) is 0.364. The van der Waals surface area contributed by atoms with Gasteiger partial charge < -0.3 is 5.11 Å². The molecular formula is C11H13NO4S. The van der Waals surface area contributed by atoms with Gasteiger partial charge in [-0.1, -0.05) is 13.8 Å². The van der Waals surface area contributed by atoms with Gasteiger partial charge in [-0.05, 0) is 18.1 Å². The van der Waals surface area contributed by atoms with Gasteiger partial charge in [0.25, 0.3) is 5.69 Å². The third kappa shape index (κ3) is 3.74. The number of thioether (sulfide) groups is 1. The van der Waals surface area contributed by atoms with E-state index in [1.165, 1.54) is 23.9 Å². The Kier molecular flexibility index (Phi) is 4.51. The van der Waals surface area contributed by atoms with Crippen molar-refractivity contribution in [3.05, 3.63) is 33.9 Å². The Balaban J connectivity index is 3.02. The van der Waals surface area contributed by atoms with Crippen molar-refractivity contribution >= 4 is 23.4 Å². The highest BCUT2D eigenvalue weighted by molar-refractivity contribution is 7.99. The zero-order chi connectivity index (χ0) is 13.0. The summed E-state index contributed by atoms with van der Waals surface area (Å²) in [4.78, 5) is 21.6. The molecule has 0 spiro atoms. The summed E-state index contributed by atoms with van der Waals surface area (Å²) in [5.74, 6) is 0.0452. The lowest BCUT2D eigenvalue weighted by atomic mass is 10.2. The van der Waals surface area contributed by atoms with Crippen molar-refractivity contribution in [1.82, 2.24) is 0 Å². The van der Waals surface area contributed by atoms with Crippen LogP contribution in [0.1, 0.15) is 24.2 Å². The average Bonchev–Trinajstić information content (AvgIpc) is 2.25. The molecular weight excluding hydrogens is 242 g/mol. The molecule has 0 saturated carbocycles. The Hall–Kier alpha value is -1.56. The van der Waals surface area contributed by atoms with Gasteiger partial charge in [-0.2, -0.15) is 0 Å². The highest BCUT2D eigenvalue weighted by Crippen LogP contribution is 2.27. The Morgan fingerprint density at radius 3 is 2.65 bits per heavy atom. The molecule has 0 unspecified atom stereocenters. The number of hydrogen-bond acceptors (Lipinski definition) is 4. The molecule has 0 aromatic heterocycles. The van der Waals surface area contributed by atoms with Crippen LogP contribution in [0, 0.1) is 16.0 Å². The predicted octanol–water partition coefficient (Wildman–Crippen LogP) is 3.04. The summed E-state index contributed by atoms with van der Waals surface area (Å²) in [5.41, 5.74) is -0.629. The van der Waals surface area contributed by atoms with Crippen molar-refractivity contribution in [3.8, 4) is 0 Å². The van der Waals surface area contributed by atoms with E-state index in [2.05, 4.69) is 13.8 Å². The van der Waals surface area contributed by atoms with Crippen molar-refractivity contribution in [1.29, 1.82) is 0 Å². The van der Waals surface area contributed by atoms with Gasteiger partial charge in [0.05, 0.1) is 4.92 Å². The van der Waals surface area contributed by atoms with E-state index in [9.17, 15) is 14.9 Å². The first kappa shape index (κ1) is 13.5. The van der Waals surface area contributed by atoms with Gasteiger partial charge in [0.2, 0.25) is 0 Å². The zero-order valence-corrected chi connectivity index (χ0v) is 10.4. The molecule has 6 heteroatoms. The van der Waals surface area contributed by atoms with Gasteiger partial charge in [0.15, 0.2) is 0 Å².